The van der Waals surface area contributed by atoms with Crippen LogP contribution in [0.5, 0.6) is 5.75 Å². The topological polar surface area (TPSA) is 336 Å². The molecule has 0 bridgehead atoms. The Morgan fingerprint density at radius 2 is 1.39 bits per heavy atom. The van der Waals surface area contributed by atoms with Gasteiger partial charge in [-0.2, -0.15) is 5.26 Å². The van der Waals surface area contributed by atoms with Crippen molar-refractivity contribution >= 4 is 105 Å². The number of carbonyl (C=O) groups is 10. The number of imide groups is 1. The number of thioether (sulfide) groups is 1. The van der Waals surface area contributed by atoms with Gasteiger partial charge in [-0.1, -0.05) is 38.3 Å². The first-order valence-corrected chi connectivity index (χ1v) is 35.4. The molecule has 7 amide bonds. The van der Waals surface area contributed by atoms with E-state index >= 15 is 0 Å². The van der Waals surface area contributed by atoms with Crippen LogP contribution < -0.4 is 20.7 Å². The third kappa shape index (κ3) is 25.9. The maximum atomic E-state index is 14.2. The summed E-state index contributed by atoms with van der Waals surface area (Å²) in [7, 11) is 0. The highest BCUT2D eigenvalue weighted by Crippen LogP contribution is 2.34. The number of hydrogen-bond donors (Lipinski definition) is 6. The van der Waals surface area contributed by atoms with Gasteiger partial charge >= 0.3 is 17.9 Å². The van der Waals surface area contributed by atoms with Crippen molar-refractivity contribution in [2.24, 2.45) is 11.8 Å². The molecule has 7 rings (SSSR count). The number of aromatic nitrogens is 1. The summed E-state index contributed by atoms with van der Waals surface area (Å²) >= 11 is 3.57. The van der Waals surface area contributed by atoms with Crippen molar-refractivity contribution in [2.75, 3.05) is 131 Å². The molecule has 4 aliphatic heterocycles. The van der Waals surface area contributed by atoms with Crippen LogP contribution in [0.25, 0.3) is 10.9 Å². The van der Waals surface area contributed by atoms with E-state index in [1.807, 2.05) is 17.0 Å². The van der Waals surface area contributed by atoms with Gasteiger partial charge in [-0.05, 0) is 122 Å². The highest BCUT2D eigenvalue weighted by atomic mass is 127. The van der Waals surface area contributed by atoms with E-state index in [0.717, 1.165) is 59.8 Å². The van der Waals surface area contributed by atoms with Crippen LogP contribution in [-0.4, -0.2) is 267 Å². The summed E-state index contributed by atoms with van der Waals surface area (Å²) in [5.41, 5.74) is 1.88. The SMILES string of the molecule is CC(CN1C(=O)CC(SC(CCCCCNC(=O)CCCc2ccc(I)cc2)CNC(=O)CN2CCN(CC(=O)O)CCN(CC(=O)O)CCN(CC(=O)O)CC2)C1=O)C(=O)N1CCC(CCCCOc2ccc3nccc(C(=O)NCC(=O)N4CC(F)(F)C[C@@H]4C#N)c3c2)CC1. The van der Waals surface area contributed by atoms with E-state index in [9.17, 15) is 77.3 Å². The Hall–Kier alpha value is -7.18. The number of nitrogens with one attached hydrogen (secondary N) is 3. The molecule has 4 atom stereocenters. The minimum absolute atomic E-state index is 0.0239. The Balaban J connectivity index is 0.868. The summed E-state index contributed by atoms with van der Waals surface area (Å²) in [6.45, 7) is 3.10. The van der Waals surface area contributed by atoms with Crippen LogP contribution in [0.1, 0.15) is 106 Å². The van der Waals surface area contributed by atoms with E-state index in [4.69, 9.17) is 4.74 Å². The molecule has 4 aliphatic rings. The average Bonchev–Trinajstić information content (AvgIpc) is 1.75. The molecule has 4 saturated heterocycles. The van der Waals surface area contributed by atoms with Gasteiger partial charge in [-0.25, -0.2) is 8.78 Å². The number of aryl methyl sites for hydroxylation is 1. The lowest BCUT2D eigenvalue weighted by Gasteiger charge is -2.34. The number of amides is 7. The Morgan fingerprint density at radius 1 is 0.763 bits per heavy atom. The quantitative estimate of drug-likeness (QED) is 0.0276. The van der Waals surface area contributed by atoms with Crippen molar-refractivity contribution < 1.29 is 76.8 Å². The number of carbonyl (C=O) groups excluding carboxylic acids is 7. The molecule has 3 aromatic rings. The number of alkyl halides is 2. The number of likely N-dealkylation sites (tertiary alicyclic amines) is 3. The molecule has 4 fully saturated rings. The third-order valence-corrected chi connectivity index (χ3v) is 20.1. The molecule has 6 N–H and O–H groups in total. The molecule has 1 aromatic heterocycles. The summed E-state index contributed by atoms with van der Waals surface area (Å²) in [6.07, 6.45) is 9.29. The van der Waals surface area contributed by atoms with Gasteiger partial charge in [-0.15, -0.1) is 11.8 Å². The van der Waals surface area contributed by atoms with Crippen molar-refractivity contribution in [3.05, 3.63) is 69.4 Å². The second-order valence-electron chi connectivity index (χ2n) is 25.5. The molecule has 30 heteroatoms. The fourth-order valence-electron chi connectivity index (χ4n) is 12.6. The predicted octanol–water partition coefficient (Wildman–Crippen LogP) is 4.27. The number of fused-ring (bicyclic) bond motifs is 1. The van der Waals surface area contributed by atoms with Crippen LogP contribution in [0.4, 0.5) is 8.78 Å². The number of carboxylic acid groups (broad SMARTS) is 3. The fourth-order valence-corrected chi connectivity index (χ4v) is 14.3. The second-order valence-corrected chi connectivity index (χ2v) is 28.3. The number of benzene rings is 2. The first kappa shape index (κ1) is 77.2. The number of unbranched alkanes of at least 4 members (excludes halogenated alkanes) is 3. The smallest absolute Gasteiger partial charge is 0.317 e. The third-order valence-electron chi connectivity index (χ3n) is 17.9. The first-order valence-electron chi connectivity index (χ1n) is 33.4. The van der Waals surface area contributed by atoms with Gasteiger partial charge in [0.05, 0.1) is 74.2 Å². The van der Waals surface area contributed by atoms with Gasteiger partial charge in [0.15, 0.2) is 0 Å². The molecular weight excluding hydrogens is 1390 g/mol. The molecule has 26 nitrogen and oxygen atoms in total. The van der Waals surface area contributed by atoms with Gasteiger partial charge < -0.3 is 45.8 Å². The number of rotatable bonds is 34. The largest absolute Gasteiger partial charge is 0.494 e. The minimum Gasteiger partial charge on any atom is -0.494 e. The lowest BCUT2D eigenvalue weighted by molar-refractivity contribution is -0.143. The second kappa shape index (κ2) is 38.8. The average molecular weight is 1490 g/mol. The fraction of sp³-hybridized carbons (Fsp3) is 0.612. The van der Waals surface area contributed by atoms with E-state index in [-0.39, 0.29) is 132 Å². The monoisotopic (exact) mass is 1480 g/mol. The molecule has 97 heavy (non-hydrogen) atoms. The highest BCUT2D eigenvalue weighted by Gasteiger charge is 2.47. The van der Waals surface area contributed by atoms with E-state index in [1.54, 1.807) is 50.8 Å². The van der Waals surface area contributed by atoms with Crippen molar-refractivity contribution in [3.63, 3.8) is 0 Å². The normalized spacial score (nSPS) is 19.4. The minimum atomic E-state index is -3.18. The maximum absolute atomic E-state index is 14.2. The zero-order valence-electron chi connectivity index (χ0n) is 55.0. The van der Waals surface area contributed by atoms with E-state index in [0.29, 0.717) is 74.5 Å². The van der Waals surface area contributed by atoms with Crippen molar-refractivity contribution in [1.82, 2.24) is 55.2 Å². The van der Waals surface area contributed by atoms with Crippen molar-refractivity contribution in [2.45, 2.75) is 119 Å². The van der Waals surface area contributed by atoms with E-state index < -0.39 is 78.3 Å². The number of pyridine rings is 1. The molecule has 5 heterocycles. The molecule has 3 unspecified atom stereocenters. The van der Waals surface area contributed by atoms with E-state index in [1.165, 1.54) is 34.5 Å². The van der Waals surface area contributed by atoms with E-state index in [2.05, 4.69) is 55.7 Å². The van der Waals surface area contributed by atoms with Gasteiger partial charge in [0.25, 0.3) is 11.8 Å². The lowest BCUT2D eigenvalue weighted by atomic mass is 9.91. The summed E-state index contributed by atoms with van der Waals surface area (Å²) < 4.78 is 35.1. The number of aliphatic carboxylic acids is 3. The van der Waals surface area contributed by atoms with Crippen LogP contribution in [0.2, 0.25) is 0 Å². The van der Waals surface area contributed by atoms with Gasteiger partial charge in [-0.3, -0.25) is 77.4 Å². The van der Waals surface area contributed by atoms with Gasteiger partial charge in [0, 0.05) is 125 Å². The molecule has 0 aliphatic carbocycles. The summed E-state index contributed by atoms with van der Waals surface area (Å²) in [6, 6.07) is 15.3. The number of nitriles is 1. The van der Waals surface area contributed by atoms with Crippen molar-refractivity contribution in [3.8, 4) is 11.8 Å². The standard InChI is InChI=1S/C67H91F2IN12O14S/c1-46(65(94)80-23-19-48(20-24-80)8-4-6-33-96-51-16-17-55-54(34-51)53(18-22-72-55)64(93)75-39-60(86)82-45-67(68,69)36-50(82)37-71)40-81-59(85)35-56(66(81)95)97-52(10-3-2-5-21-73-57(83)11-7-9-47-12-14-49(70)15-13-47)38-74-58(84)41-76-25-27-77(42-61(87)88)29-31-79(44-63(91)92)32-30-78(28-26-76)43-62(89)90/h12-18,22,34,46,48,50,52,56H,2-11,19-21,23-33,35-36,38-45H2,1H3,(H,73,83)(H,74,84)(H,75,93)(H,87,88)(H,89,90)(H,91,92)/t46?,50-,52?,56?/m1/s1. The zero-order valence-corrected chi connectivity index (χ0v) is 58.0. The van der Waals surface area contributed by atoms with Gasteiger partial charge in [0.2, 0.25) is 35.4 Å². The highest BCUT2D eigenvalue weighted by molar-refractivity contribution is 14.1. The summed E-state index contributed by atoms with van der Waals surface area (Å²) in [5, 5.41) is 46.1. The molecule has 0 spiro atoms. The Labute approximate surface area is 582 Å². The molecule has 0 saturated carbocycles. The Morgan fingerprint density at radius 3 is 2.01 bits per heavy atom. The molecule has 0 radical (unpaired) electrons. The number of ether oxygens (including phenoxy) is 1. The van der Waals surface area contributed by atoms with Crippen LogP contribution in [0.15, 0.2) is 54.7 Å². The molecule has 2 aromatic carbocycles. The zero-order chi connectivity index (χ0) is 70.0. The van der Waals surface area contributed by atoms with Crippen LogP contribution >= 0.6 is 34.4 Å². The summed E-state index contributed by atoms with van der Waals surface area (Å²) in [5.74, 6) is -8.89. The number of piperidine rings is 1. The first-order chi connectivity index (χ1) is 46.4. The number of nitrogens with zero attached hydrogens (tertiary/aromatic N) is 9. The summed E-state index contributed by atoms with van der Waals surface area (Å²) in [4.78, 5) is 145. The predicted molar refractivity (Wildman–Crippen MR) is 364 cm³/mol. The Bertz CT molecular complexity index is 3220. The Kier molecular flexibility index (Phi) is 30.9. The van der Waals surface area contributed by atoms with Crippen LogP contribution in [0, 0.1) is 26.7 Å². The van der Waals surface area contributed by atoms with Gasteiger partial charge in [0.1, 0.15) is 11.8 Å². The number of hydrogen-bond acceptors (Lipinski definition) is 18. The molecular formula is C67H91F2IN12O14S. The van der Waals surface area contributed by atoms with Crippen LogP contribution in [0.3, 0.4) is 0 Å². The maximum Gasteiger partial charge on any atom is 0.317 e. The molecule has 530 valence electrons. The number of carboxylic acids is 3. The lowest BCUT2D eigenvalue weighted by Crippen LogP contribution is -2.50. The van der Waals surface area contributed by atoms with Crippen LogP contribution in [-0.2, 0) is 49.6 Å². The number of halogens is 3. The van der Waals surface area contributed by atoms with Crippen molar-refractivity contribution in [1.29, 1.82) is 5.26 Å².